The van der Waals surface area contributed by atoms with Crippen molar-refractivity contribution in [3.05, 3.63) is 86.6 Å². The lowest BCUT2D eigenvalue weighted by Crippen LogP contribution is -2.41. The van der Waals surface area contributed by atoms with Crippen molar-refractivity contribution in [3.63, 3.8) is 0 Å². The molecule has 33 heavy (non-hydrogen) atoms. The first-order chi connectivity index (χ1) is 15.8. The van der Waals surface area contributed by atoms with Gasteiger partial charge in [-0.05, 0) is 30.2 Å². The normalized spacial score (nSPS) is 10.6. The van der Waals surface area contributed by atoms with Crippen LogP contribution in [0.5, 0.6) is 0 Å². The molecule has 0 saturated heterocycles. The number of hydrogen-bond acceptors (Lipinski definition) is 5. The fourth-order valence-corrected chi connectivity index (χ4v) is 3.48. The number of aromatic nitrogens is 2. The van der Waals surface area contributed by atoms with E-state index in [-0.39, 0.29) is 36.1 Å². The highest BCUT2D eigenvalue weighted by Crippen LogP contribution is 2.22. The van der Waals surface area contributed by atoms with E-state index in [9.17, 15) is 19.2 Å². The molecule has 3 rings (SSSR count). The molecule has 172 valence electrons. The van der Waals surface area contributed by atoms with Crippen molar-refractivity contribution in [3.8, 4) is 0 Å². The van der Waals surface area contributed by atoms with E-state index in [0.717, 1.165) is 12.0 Å². The van der Waals surface area contributed by atoms with Crippen molar-refractivity contribution in [1.29, 1.82) is 0 Å². The van der Waals surface area contributed by atoms with Gasteiger partial charge in [0.1, 0.15) is 5.82 Å². The van der Waals surface area contributed by atoms with Crippen molar-refractivity contribution in [2.45, 2.75) is 33.2 Å². The van der Waals surface area contributed by atoms with Gasteiger partial charge < -0.3 is 16.0 Å². The molecule has 9 nitrogen and oxygen atoms in total. The Morgan fingerprint density at radius 2 is 1.82 bits per heavy atom. The van der Waals surface area contributed by atoms with Crippen LogP contribution in [0.25, 0.3) is 0 Å². The largest absolute Gasteiger partial charge is 0.383 e. The van der Waals surface area contributed by atoms with Crippen LogP contribution >= 0.6 is 0 Å². The third kappa shape index (κ3) is 5.57. The summed E-state index contributed by atoms with van der Waals surface area (Å²) in [5, 5.41) is 2.64. The highest BCUT2D eigenvalue weighted by Gasteiger charge is 2.25. The van der Waals surface area contributed by atoms with E-state index in [0.29, 0.717) is 12.1 Å². The molecular formula is C24H27N5O4. The number of nitrogens with zero attached hydrogens (tertiary/aromatic N) is 2. The Bertz CT molecular complexity index is 1260. The Hall–Kier alpha value is -4.14. The van der Waals surface area contributed by atoms with Crippen LogP contribution in [-0.4, -0.2) is 27.9 Å². The molecule has 0 atom stereocenters. The number of amides is 2. The maximum atomic E-state index is 13.5. The van der Waals surface area contributed by atoms with Crippen LogP contribution in [0.2, 0.25) is 0 Å². The van der Waals surface area contributed by atoms with Gasteiger partial charge >= 0.3 is 5.69 Å². The van der Waals surface area contributed by atoms with Crippen molar-refractivity contribution < 1.29 is 9.59 Å². The molecule has 2 amide bonds. The lowest BCUT2D eigenvalue weighted by Gasteiger charge is -2.25. The number of hydrogen-bond donors (Lipinski definition) is 3. The molecule has 3 aromatic rings. The lowest BCUT2D eigenvalue weighted by molar-refractivity contribution is -0.114. The summed E-state index contributed by atoms with van der Waals surface area (Å²) in [4.78, 5) is 53.8. The Kier molecular flexibility index (Phi) is 7.45. The maximum Gasteiger partial charge on any atom is 0.330 e. The Morgan fingerprint density at radius 1 is 1.09 bits per heavy atom. The lowest BCUT2D eigenvalue weighted by atomic mass is 10.1. The molecule has 0 spiro atoms. The van der Waals surface area contributed by atoms with Crippen LogP contribution in [0.4, 0.5) is 17.2 Å². The predicted molar refractivity (Wildman–Crippen MR) is 129 cm³/mol. The van der Waals surface area contributed by atoms with Crippen LogP contribution in [0.1, 0.15) is 42.6 Å². The smallest absolute Gasteiger partial charge is 0.330 e. The Balaban J connectivity index is 2.08. The fraction of sp³-hybridized carbons (Fsp3) is 0.250. The molecular weight excluding hydrogens is 422 g/mol. The molecule has 0 radical (unpaired) electrons. The van der Waals surface area contributed by atoms with Crippen molar-refractivity contribution >= 4 is 29.0 Å². The number of nitrogens with two attached hydrogens (primary N) is 1. The number of carbonyl (C=O) groups excluding carboxylic acids is 2. The molecule has 4 N–H and O–H groups in total. The quantitative estimate of drug-likeness (QED) is 0.487. The second-order valence-electron chi connectivity index (χ2n) is 7.64. The Labute approximate surface area is 190 Å². The summed E-state index contributed by atoms with van der Waals surface area (Å²) in [6, 6.07) is 15.6. The topological polar surface area (TPSA) is 130 Å². The highest BCUT2D eigenvalue weighted by molar-refractivity contribution is 6.08. The number of H-pyrrole nitrogens is 1. The first-order valence-electron chi connectivity index (χ1n) is 10.7. The van der Waals surface area contributed by atoms with Crippen molar-refractivity contribution in [2.24, 2.45) is 0 Å². The van der Waals surface area contributed by atoms with E-state index >= 15 is 0 Å². The zero-order valence-electron chi connectivity index (χ0n) is 18.6. The number of unbranched alkanes of at least 4 members (excludes halogenated alkanes) is 1. The average molecular weight is 450 g/mol. The molecule has 0 unspecified atom stereocenters. The van der Waals surface area contributed by atoms with Crippen LogP contribution in [0, 0.1) is 0 Å². The third-order valence-electron chi connectivity index (χ3n) is 5.08. The molecule has 0 bridgehead atoms. The van der Waals surface area contributed by atoms with Gasteiger partial charge in [0.15, 0.2) is 5.69 Å². The van der Waals surface area contributed by atoms with E-state index < -0.39 is 17.2 Å². The molecule has 0 fully saturated rings. The molecule has 9 heteroatoms. The summed E-state index contributed by atoms with van der Waals surface area (Å²) in [7, 11) is 0. The molecule has 1 heterocycles. The molecule has 0 aliphatic rings. The number of rotatable bonds is 8. The fourth-order valence-electron chi connectivity index (χ4n) is 3.48. The number of aromatic amines is 1. The molecule has 0 saturated carbocycles. The average Bonchev–Trinajstić information content (AvgIpc) is 2.78. The van der Waals surface area contributed by atoms with E-state index in [1.807, 2.05) is 37.3 Å². The monoisotopic (exact) mass is 449 g/mol. The molecule has 0 aliphatic carbocycles. The van der Waals surface area contributed by atoms with Gasteiger partial charge in [0.05, 0.1) is 6.54 Å². The summed E-state index contributed by atoms with van der Waals surface area (Å²) in [5.41, 5.74) is 6.40. The van der Waals surface area contributed by atoms with Crippen LogP contribution in [0.3, 0.4) is 0 Å². The van der Waals surface area contributed by atoms with Gasteiger partial charge in [0, 0.05) is 24.7 Å². The predicted octanol–water partition coefficient (Wildman–Crippen LogP) is 2.57. The van der Waals surface area contributed by atoms with Gasteiger partial charge in [-0.3, -0.25) is 23.9 Å². The van der Waals surface area contributed by atoms with Crippen LogP contribution in [-0.2, 0) is 11.3 Å². The summed E-state index contributed by atoms with van der Waals surface area (Å²) < 4.78 is 1.24. The number of nitrogens with one attached hydrogen (secondary N) is 2. The first kappa shape index (κ1) is 23.5. The summed E-state index contributed by atoms with van der Waals surface area (Å²) in [5.74, 6) is -0.816. The van der Waals surface area contributed by atoms with Crippen molar-refractivity contribution in [1.82, 2.24) is 9.55 Å². The summed E-state index contributed by atoms with van der Waals surface area (Å²) >= 11 is 0. The SMILES string of the molecule is CCCCN(C(=O)c1cccc(NC(C)=O)c1)c1c(N)n(Cc2ccccc2)c(=O)[nH]c1=O. The minimum absolute atomic E-state index is 0.0751. The Morgan fingerprint density at radius 3 is 2.48 bits per heavy atom. The van der Waals surface area contributed by atoms with E-state index in [4.69, 9.17) is 5.73 Å². The number of nitrogen functional groups attached to an aromatic ring is 1. The molecule has 0 aliphatic heterocycles. The van der Waals surface area contributed by atoms with Crippen LogP contribution < -0.4 is 27.2 Å². The zero-order valence-corrected chi connectivity index (χ0v) is 18.6. The van der Waals surface area contributed by atoms with Gasteiger partial charge in [-0.15, -0.1) is 0 Å². The number of benzene rings is 2. The van der Waals surface area contributed by atoms with Crippen molar-refractivity contribution in [2.75, 3.05) is 22.5 Å². The highest BCUT2D eigenvalue weighted by atomic mass is 16.2. The van der Waals surface area contributed by atoms with E-state index in [1.54, 1.807) is 18.2 Å². The second kappa shape index (κ2) is 10.4. The minimum atomic E-state index is -0.732. The molecule has 1 aromatic heterocycles. The van der Waals surface area contributed by atoms with Gasteiger partial charge in [-0.2, -0.15) is 0 Å². The standard InChI is InChI=1S/C24H27N5O4/c1-3-4-13-28(23(32)18-11-8-12-19(14-18)26-16(2)30)20-21(25)29(24(33)27-22(20)31)15-17-9-6-5-7-10-17/h5-12,14H,3-4,13,15,25H2,1-2H3,(H,26,30)(H,27,31,33). The van der Waals surface area contributed by atoms with Gasteiger partial charge in [-0.25, -0.2) is 4.79 Å². The third-order valence-corrected chi connectivity index (χ3v) is 5.08. The maximum absolute atomic E-state index is 13.5. The van der Waals surface area contributed by atoms with Gasteiger partial charge in [0.25, 0.3) is 11.5 Å². The number of anilines is 3. The summed E-state index contributed by atoms with van der Waals surface area (Å²) in [6.07, 6.45) is 1.39. The zero-order chi connectivity index (χ0) is 24.0. The summed E-state index contributed by atoms with van der Waals surface area (Å²) in [6.45, 7) is 3.71. The van der Waals surface area contributed by atoms with E-state index in [1.165, 1.54) is 22.5 Å². The van der Waals surface area contributed by atoms with Crippen LogP contribution in [0.15, 0.2) is 64.2 Å². The molecule has 2 aromatic carbocycles. The second-order valence-corrected chi connectivity index (χ2v) is 7.64. The number of carbonyl (C=O) groups is 2. The first-order valence-corrected chi connectivity index (χ1v) is 10.7. The van der Waals surface area contributed by atoms with Gasteiger partial charge in [-0.1, -0.05) is 49.7 Å². The minimum Gasteiger partial charge on any atom is -0.383 e. The van der Waals surface area contributed by atoms with E-state index in [2.05, 4.69) is 10.3 Å². The van der Waals surface area contributed by atoms with Gasteiger partial charge in [0.2, 0.25) is 5.91 Å².